The van der Waals surface area contributed by atoms with Gasteiger partial charge in [-0.15, -0.1) is 0 Å². The van der Waals surface area contributed by atoms with Gasteiger partial charge in [0, 0.05) is 5.75 Å². The van der Waals surface area contributed by atoms with E-state index in [0.717, 1.165) is 21.5 Å². The standard InChI is InChI=1S/C12H17BrO3S/c1-3-17-5-4-16-12-10(13)6-9(8-14)7-11(12)15-2/h6-7,14H,3-5,8H2,1-2H3. The molecule has 0 saturated carbocycles. The van der Waals surface area contributed by atoms with Gasteiger partial charge in [0.05, 0.1) is 24.8 Å². The van der Waals surface area contributed by atoms with E-state index in [9.17, 15) is 0 Å². The molecule has 0 fully saturated rings. The Balaban J connectivity index is 2.75. The predicted molar refractivity (Wildman–Crippen MR) is 75.1 cm³/mol. The molecule has 0 aromatic heterocycles. The van der Waals surface area contributed by atoms with Crippen LogP contribution in [0.1, 0.15) is 12.5 Å². The lowest BCUT2D eigenvalue weighted by Crippen LogP contribution is -2.03. The van der Waals surface area contributed by atoms with Crippen LogP contribution in [0.5, 0.6) is 11.5 Å². The van der Waals surface area contributed by atoms with Crippen molar-refractivity contribution in [2.45, 2.75) is 13.5 Å². The highest BCUT2D eigenvalue weighted by atomic mass is 79.9. The van der Waals surface area contributed by atoms with Crippen LogP contribution in [0.3, 0.4) is 0 Å². The molecule has 0 spiro atoms. The number of hydrogen-bond donors (Lipinski definition) is 1. The van der Waals surface area contributed by atoms with Crippen molar-refractivity contribution < 1.29 is 14.6 Å². The van der Waals surface area contributed by atoms with Crippen LogP contribution in [0.25, 0.3) is 0 Å². The predicted octanol–water partition coefficient (Wildman–Crippen LogP) is 3.08. The van der Waals surface area contributed by atoms with Gasteiger partial charge in [0.25, 0.3) is 0 Å². The second kappa shape index (κ2) is 7.84. The summed E-state index contributed by atoms with van der Waals surface area (Å²) in [5.74, 6) is 3.38. The fourth-order valence-corrected chi connectivity index (χ4v) is 2.45. The van der Waals surface area contributed by atoms with E-state index < -0.39 is 0 Å². The summed E-state index contributed by atoms with van der Waals surface area (Å²) in [6, 6.07) is 3.62. The molecule has 0 bridgehead atoms. The second-order valence-corrected chi connectivity index (χ2v) is 5.56. The van der Waals surface area contributed by atoms with Gasteiger partial charge in [-0.2, -0.15) is 11.8 Å². The summed E-state index contributed by atoms with van der Waals surface area (Å²) in [6.07, 6.45) is 0. The SMILES string of the molecule is CCSCCOc1c(Br)cc(CO)cc1OC. The first-order chi connectivity index (χ1) is 8.22. The molecule has 0 amide bonds. The van der Waals surface area contributed by atoms with E-state index in [0.29, 0.717) is 18.1 Å². The van der Waals surface area contributed by atoms with Gasteiger partial charge in [0.1, 0.15) is 0 Å². The number of aliphatic hydroxyl groups excluding tert-OH is 1. The van der Waals surface area contributed by atoms with Crippen molar-refractivity contribution in [3.8, 4) is 11.5 Å². The van der Waals surface area contributed by atoms with Gasteiger partial charge in [-0.3, -0.25) is 0 Å². The van der Waals surface area contributed by atoms with Crippen molar-refractivity contribution in [2.24, 2.45) is 0 Å². The van der Waals surface area contributed by atoms with E-state index in [-0.39, 0.29) is 6.61 Å². The Bertz CT molecular complexity index is 358. The molecule has 1 aromatic rings. The maximum Gasteiger partial charge on any atom is 0.175 e. The van der Waals surface area contributed by atoms with Crippen molar-refractivity contribution in [3.05, 3.63) is 22.2 Å². The van der Waals surface area contributed by atoms with Crippen LogP contribution < -0.4 is 9.47 Å². The van der Waals surface area contributed by atoms with E-state index in [1.54, 1.807) is 13.2 Å². The number of thioether (sulfide) groups is 1. The minimum absolute atomic E-state index is 0.0130. The van der Waals surface area contributed by atoms with E-state index in [4.69, 9.17) is 14.6 Å². The Hall–Kier alpha value is -0.390. The van der Waals surface area contributed by atoms with Crippen LogP contribution in [-0.2, 0) is 6.61 Å². The average molecular weight is 321 g/mol. The van der Waals surface area contributed by atoms with Crippen LogP contribution in [0.4, 0.5) is 0 Å². The molecule has 0 atom stereocenters. The lowest BCUT2D eigenvalue weighted by Gasteiger charge is -2.13. The Morgan fingerprint density at radius 1 is 1.41 bits per heavy atom. The molecular weight excluding hydrogens is 304 g/mol. The quantitative estimate of drug-likeness (QED) is 0.784. The fourth-order valence-electron chi connectivity index (χ4n) is 1.35. The summed E-state index contributed by atoms with van der Waals surface area (Å²) in [4.78, 5) is 0. The number of hydrogen-bond acceptors (Lipinski definition) is 4. The number of benzene rings is 1. The third kappa shape index (κ3) is 4.41. The first-order valence-corrected chi connectivity index (χ1v) is 7.35. The average Bonchev–Trinajstić information content (AvgIpc) is 2.35. The number of aliphatic hydroxyl groups is 1. The lowest BCUT2D eigenvalue weighted by atomic mass is 10.2. The highest BCUT2D eigenvalue weighted by Crippen LogP contribution is 2.36. The van der Waals surface area contributed by atoms with Gasteiger partial charge in [0.15, 0.2) is 11.5 Å². The molecule has 5 heteroatoms. The Kier molecular flexibility index (Phi) is 6.77. The molecule has 0 saturated heterocycles. The summed E-state index contributed by atoms with van der Waals surface area (Å²) in [7, 11) is 1.59. The normalized spacial score (nSPS) is 10.4. The van der Waals surface area contributed by atoms with Gasteiger partial charge in [-0.1, -0.05) is 6.92 Å². The smallest absolute Gasteiger partial charge is 0.175 e. The molecule has 3 nitrogen and oxygen atoms in total. The summed E-state index contributed by atoms with van der Waals surface area (Å²) < 4.78 is 11.7. The molecule has 0 aliphatic rings. The molecule has 0 heterocycles. The highest BCUT2D eigenvalue weighted by Gasteiger charge is 2.11. The van der Waals surface area contributed by atoms with Crippen LogP contribution in [-0.4, -0.2) is 30.3 Å². The Morgan fingerprint density at radius 3 is 2.76 bits per heavy atom. The third-order valence-electron chi connectivity index (χ3n) is 2.15. The maximum atomic E-state index is 9.10. The number of halogens is 1. The fraction of sp³-hybridized carbons (Fsp3) is 0.500. The van der Waals surface area contributed by atoms with Crippen LogP contribution in [0.15, 0.2) is 16.6 Å². The zero-order valence-corrected chi connectivity index (χ0v) is 12.4. The largest absolute Gasteiger partial charge is 0.493 e. The minimum Gasteiger partial charge on any atom is -0.493 e. The molecule has 96 valence electrons. The number of ether oxygens (including phenoxy) is 2. The van der Waals surface area contributed by atoms with Crippen molar-refractivity contribution in [1.29, 1.82) is 0 Å². The highest BCUT2D eigenvalue weighted by molar-refractivity contribution is 9.10. The van der Waals surface area contributed by atoms with E-state index in [1.807, 2.05) is 17.8 Å². The molecule has 0 aliphatic carbocycles. The summed E-state index contributed by atoms with van der Waals surface area (Å²) >= 11 is 5.26. The molecule has 17 heavy (non-hydrogen) atoms. The van der Waals surface area contributed by atoms with Gasteiger partial charge in [-0.05, 0) is 39.4 Å². The van der Waals surface area contributed by atoms with Gasteiger partial charge in [0.2, 0.25) is 0 Å². The molecule has 1 aromatic carbocycles. The summed E-state index contributed by atoms with van der Waals surface area (Å²) in [5.41, 5.74) is 0.795. The van der Waals surface area contributed by atoms with Crippen molar-refractivity contribution in [3.63, 3.8) is 0 Å². The first kappa shape index (κ1) is 14.7. The number of methoxy groups -OCH3 is 1. The Morgan fingerprint density at radius 2 is 2.18 bits per heavy atom. The van der Waals surface area contributed by atoms with Crippen molar-refractivity contribution in [1.82, 2.24) is 0 Å². The topological polar surface area (TPSA) is 38.7 Å². The lowest BCUT2D eigenvalue weighted by molar-refractivity contribution is 0.278. The van der Waals surface area contributed by atoms with Gasteiger partial charge in [-0.25, -0.2) is 0 Å². The third-order valence-corrected chi connectivity index (χ3v) is 3.60. The van der Waals surface area contributed by atoms with Crippen molar-refractivity contribution >= 4 is 27.7 Å². The summed E-state index contributed by atoms with van der Waals surface area (Å²) in [5, 5.41) is 9.10. The minimum atomic E-state index is -0.0130. The molecule has 0 unspecified atom stereocenters. The molecule has 0 aliphatic heterocycles. The van der Waals surface area contributed by atoms with E-state index in [2.05, 4.69) is 22.9 Å². The molecule has 1 N–H and O–H groups in total. The van der Waals surface area contributed by atoms with E-state index in [1.165, 1.54) is 0 Å². The maximum absolute atomic E-state index is 9.10. The van der Waals surface area contributed by atoms with Crippen LogP contribution in [0.2, 0.25) is 0 Å². The zero-order chi connectivity index (χ0) is 12.7. The van der Waals surface area contributed by atoms with Crippen molar-refractivity contribution in [2.75, 3.05) is 25.2 Å². The Labute approximate surface area is 115 Å². The molecule has 1 rings (SSSR count). The van der Waals surface area contributed by atoms with Gasteiger partial charge < -0.3 is 14.6 Å². The zero-order valence-electron chi connectivity index (χ0n) is 10.0. The first-order valence-electron chi connectivity index (χ1n) is 5.40. The van der Waals surface area contributed by atoms with Crippen LogP contribution in [0, 0.1) is 0 Å². The molecule has 0 radical (unpaired) electrons. The molecular formula is C12H17BrO3S. The summed E-state index contributed by atoms with van der Waals surface area (Å²) in [6.45, 7) is 2.75. The number of rotatable bonds is 7. The second-order valence-electron chi connectivity index (χ2n) is 3.31. The van der Waals surface area contributed by atoms with Crippen LogP contribution >= 0.6 is 27.7 Å². The van der Waals surface area contributed by atoms with Gasteiger partial charge >= 0.3 is 0 Å². The monoisotopic (exact) mass is 320 g/mol. The van der Waals surface area contributed by atoms with E-state index >= 15 is 0 Å².